The number of hydrogen-bond acceptors (Lipinski definition) is 2. The van der Waals surface area contributed by atoms with Crippen LogP contribution in [-0.4, -0.2) is 13.7 Å². The SMILES string of the molecule is O=S(=O)(Nc1cccc(Br)c1)C1CCCCC1. The molecule has 0 atom stereocenters. The average Bonchev–Trinajstić information content (AvgIpc) is 2.29. The number of rotatable bonds is 3. The van der Waals surface area contributed by atoms with E-state index in [1.54, 1.807) is 12.1 Å². The largest absolute Gasteiger partial charge is 0.283 e. The van der Waals surface area contributed by atoms with E-state index in [4.69, 9.17) is 0 Å². The molecule has 3 nitrogen and oxygen atoms in total. The highest BCUT2D eigenvalue weighted by molar-refractivity contribution is 9.10. The fraction of sp³-hybridized carbons (Fsp3) is 0.500. The van der Waals surface area contributed by atoms with E-state index in [-0.39, 0.29) is 5.25 Å². The average molecular weight is 318 g/mol. The summed E-state index contributed by atoms with van der Waals surface area (Å²) in [4.78, 5) is 0. The number of benzene rings is 1. The zero-order chi connectivity index (χ0) is 12.3. The Morgan fingerprint density at radius 3 is 2.53 bits per heavy atom. The molecule has 0 amide bonds. The van der Waals surface area contributed by atoms with Gasteiger partial charge in [-0.3, -0.25) is 4.72 Å². The fourth-order valence-electron chi connectivity index (χ4n) is 2.17. The van der Waals surface area contributed by atoms with Gasteiger partial charge in [0.15, 0.2) is 0 Å². The Morgan fingerprint density at radius 2 is 1.88 bits per heavy atom. The summed E-state index contributed by atoms with van der Waals surface area (Å²) in [7, 11) is -3.22. The molecule has 1 aromatic rings. The van der Waals surface area contributed by atoms with Crippen LogP contribution in [0.2, 0.25) is 0 Å². The minimum Gasteiger partial charge on any atom is -0.283 e. The van der Waals surface area contributed by atoms with Crippen LogP contribution in [0.1, 0.15) is 32.1 Å². The predicted molar refractivity (Wildman–Crippen MR) is 73.6 cm³/mol. The van der Waals surface area contributed by atoms with Crippen LogP contribution in [-0.2, 0) is 10.0 Å². The maximum absolute atomic E-state index is 12.1. The van der Waals surface area contributed by atoms with Crippen LogP contribution < -0.4 is 4.72 Å². The third-order valence-electron chi connectivity index (χ3n) is 3.08. The van der Waals surface area contributed by atoms with Gasteiger partial charge in [0.2, 0.25) is 10.0 Å². The molecule has 5 heteroatoms. The highest BCUT2D eigenvalue weighted by Gasteiger charge is 2.26. The van der Waals surface area contributed by atoms with Gasteiger partial charge in [0.1, 0.15) is 0 Å². The smallest absolute Gasteiger partial charge is 0.235 e. The lowest BCUT2D eigenvalue weighted by Crippen LogP contribution is -2.29. The van der Waals surface area contributed by atoms with E-state index in [0.29, 0.717) is 5.69 Å². The molecule has 1 N–H and O–H groups in total. The molecule has 0 heterocycles. The monoisotopic (exact) mass is 317 g/mol. The lowest BCUT2D eigenvalue weighted by molar-refractivity contribution is 0.486. The molecular formula is C12H16BrNO2S. The van der Waals surface area contributed by atoms with Gasteiger partial charge in [-0.15, -0.1) is 0 Å². The molecule has 0 radical (unpaired) electrons. The highest BCUT2D eigenvalue weighted by Crippen LogP contribution is 2.26. The van der Waals surface area contributed by atoms with Crippen molar-refractivity contribution in [1.29, 1.82) is 0 Å². The third kappa shape index (κ3) is 3.45. The van der Waals surface area contributed by atoms with E-state index >= 15 is 0 Å². The van der Waals surface area contributed by atoms with E-state index in [1.807, 2.05) is 12.1 Å². The summed E-state index contributed by atoms with van der Waals surface area (Å²) in [6.07, 6.45) is 4.75. The first-order valence-corrected chi connectivity index (χ1v) is 8.19. The third-order valence-corrected chi connectivity index (χ3v) is 5.44. The summed E-state index contributed by atoms with van der Waals surface area (Å²) in [6, 6.07) is 7.24. The van der Waals surface area contributed by atoms with Crippen molar-refractivity contribution in [2.24, 2.45) is 0 Å². The van der Waals surface area contributed by atoms with Crippen LogP contribution in [0.15, 0.2) is 28.7 Å². The first kappa shape index (κ1) is 12.9. The van der Waals surface area contributed by atoms with Crippen LogP contribution >= 0.6 is 15.9 Å². The molecule has 1 fully saturated rings. The Kier molecular flexibility index (Phi) is 4.09. The number of nitrogens with one attached hydrogen (secondary N) is 1. The normalized spacial score (nSPS) is 17.9. The molecule has 1 saturated carbocycles. The quantitative estimate of drug-likeness (QED) is 0.927. The summed E-state index contributed by atoms with van der Waals surface area (Å²) in [6.45, 7) is 0. The van der Waals surface area contributed by atoms with Crippen molar-refractivity contribution in [1.82, 2.24) is 0 Å². The molecule has 1 aliphatic rings. The van der Waals surface area contributed by atoms with Crippen LogP contribution in [0.3, 0.4) is 0 Å². The molecule has 94 valence electrons. The molecule has 0 unspecified atom stereocenters. The van der Waals surface area contributed by atoms with E-state index in [0.717, 1.165) is 36.6 Å². The van der Waals surface area contributed by atoms with Gasteiger partial charge in [-0.25, -0.2) is 8.42 Å². The van der Waals surface area contributed by atoms with E-state index in [2.05, 4.69) is 20.7 Å². The van der Waals surface area contributed by atoms with Crippen molar-refractivity contribution in [3.8, 4) is 0 Å². The Labute approximate surface area is 111 Å². The molecule has 1 aromatic carbocycles. The summed E-state index contributed by atoms with van der Waals surface area (Å²) in [5.74, 6) is 0. The van der Waals surface area contributed by atoms with Crippen molar-refractivity contribution in [3.63, 3.8) is 0 Å². The van der Waals surface area contributed by atoms with Gasteiger partial charge < -0.3 is 0 Å². The second kappa shape index (κ2) is 5.40. The minimum atomic E-state index is -3.22. The molecule has 0 saturated heterocycles. The molecule has 2 rings (SSSR count). The summed E-state index contributed by atoms with van der Waals surface area (Å²) < 4.78 is 27.8. The summed E-state index contributed by atoms with van der Waals surface area (Å²) >= 11 is 3.33. The Bertz CT molecular complexity index is 481. The number of halogens is 1. The molecular weight excluding hydrogens is 302 g/mol. The predicted octanol–water partition coefficient (Wildman–Crippen LogP) is 3.52. The fourth-order valence-corrected chi connectivity index (χ4v) is 4.15. The van der Waals surface area contributed by atoms with E-state index < -0.39 is 10.0 Å². The Morgan fingerprint density at radius 1 is 1.18 bits per heavy atom. The standard InChI is InChI=1S/C12H16BrNO2S/c13-10-5-4-6-11(9-10)14-17(15,16)12-7-2-1-3-8-12/h4-6,9,12,14H,1-3,7-8H2. The molecule has 0 bridgehead atoms. The topological polar surface area (TPSA) is 46.2 Å². The lowest BCUT2D eigenvalue weighted by Gasteiger charge is -2.22. The lowest BCUT2D eigenvalue weighted by atomic mass is 10.0. The number of hydrogen-bond donors (Lipinski definition) is 1. The van der Waals surface area contributed by atoms with Crippen LogP contribution in [0.4, 0.5) is 5.69 Å². The molecule has 0 aromatic heterocycles. The second-order valence-electron chi connectivity index (χ2n) is 4.42. The van der Waals surface area contributed by atoms with Gasteiger partial charge >= 0.3 is 0 Å². The van der Waals surface area contributed by atoms with Gasteiger partial charge in [0, 0.05) is 10.2 Å². The first-order valence-electron chi connectivity index (χ1n) is 5.85. The first-order chi connectivity index (χ1) is 8.08. The van der Waals surface area contributed by atoms with E-state index in [1.165, 1.54) is 0 Å². The zero-order valence-electron chi connectivity index (χ0n) is 9.52. The molecule has 0 aliphatic heterocycles. The summed E-state index contributed by atoms with van der Waals surface area (Å²) in [5.41, 5.74) is 0.630. The summed E-state index contributed by atoms with van der Waals surface area (Å²) in [5, 5.41) is -0.227. The number of sulfonamides is 1. The maximum atomic E-state index is 12.1. The molecule has 17 heavy (non-hydrogen) atoms. The van der Waals surface area contributed by atoms with Gasteiger partial charge in [-0.1, -0.05) is 41.3 Å². The van der Waals surface area contributed by atoms with Crippen molar-refractivity contribution in [2.75, 3.05) is 4.72 Å². The van der Waals surface area contributed by atoms with Crippen LogP contribution in [0, 0.1) is 0 Å². The van der Waals surface area contributed by atoms with Crippen molar-refractivity contribution in [3.05, 3.63) is 28.7 Å². The maximum Gasteiger partial charge on any atom is 0.235 e. The van der Waals surface area contributed by atoms with Gasteiger partial charge in [0.05, 0.1) is 5.25 Å². The van der Waals surface area contributed by atoms with Crippen molar-refractivity contribution < 1.29 is 8.42 Å². The minimum absolute atomic E-state index is 0.227. The van der Waals surface area contributed by atoms with Gasteiger partial charge in [-0.2, -0.15) is 0 Å². The Balaban J connectivity index is 2.11. The zero-order valence-corrected chi connectivity index (χ0v) is 11.9. The number of anilines is 1. The van der Waals surface area contributed by atoms with E-state index in [9.17, 15) is 8.42 Å². The van der Waals surface area contributed by atoms with Crippen LogP contribution in [0.5, 0.6) is 0 Å². The van der Waals surface area contributed by atoms with Gasteiger partial charge in [-0.05, 0) is 31.0 Å². The van der Waals surface area contributed by atoms with Crippen molar-refractivity contribution in [2.45, 2.75) is 37.4 Å². The van der Waals surface area contributed by atoms with Crippen molar-refractivity contribution >= 4 is 31.6 Å². The molecule has 1 aliphatic carbocycles. The van der Waals surface area contributed by atoms with Crippen LogP contribution in [0.25, 0.3) is 0 Å². The molecule has 0 spiro atoms. The van der Waals surface area contributed by atoms with Gasteiger partial charge in [0.25, 0.3) is 0 Å². The Hall–Kier alpha value is -0.550. The second-order valence-corrected chi connectivity index (χ2v) is 7.29. The highest BCUT2D eigenvalue weighted by atomic mass is 79.9.